The molecule has 1 rings (SSSR count). The van der Waals surface area contributed by atoms with Crippen molar-refractivity contribution in [2.75, 3.05) is 13.2 Å². The lowest BCUT2D eigenvalue weighted by atomic mass is 9.94. The first kappa shape index (κ1) is 15.1. The average molecular weight is 254 g/mol. The van der Waals surface area contributed by atoms with Gasteiger partial charge in [-0.2, -0.15) is 0 Å². The molecule has 0 aliphatic rings. The van der Waals surface area contributed by atoms with Crippen LogP contribution in [-0.2, 0) is 18.2 Å². The zero-order valence-electron chi connectivity index (χ0n) is 12.2. The fourth-order valence-corrected chi connectivity index (χ4v) is 2.05. The molecule has 104 valence electrons. The monoisotopic (exact) mass is 254 g/mol. The lowest BCUT2D eigenvalue weighted by molar-refractivity contribution is -0.0382. The van der Waals surface area contributed by atoms with Crippen molar-refractivity contribution in [1.29, 1.82) is 0 Å². The number of rotatable bonds is 8. The van der Waals surface area contributed by atoms with Crippen LogP contribution in [0, 0.1) is 0 Å². The van der Waals surface area contributed by atoms with Gasteiger partial charge < -0.3 is 10.1 Å². The van der Waals surface area contributed by atoms with Crippen molar-refractivity contribution in [2.45, 2.75) is 52.2 Å². The maximum Gasteiger partial charge on any atom is 0.0843 e. The molecular weight excluding hydrogens is 228 g/mol. The van der Waals surface area contributed by atoms with Gasteiger partial charge in [0.2, 0.25) is 0 Å². The molecule has 5 heteroatoms. The van der Waals surface area contributed by atoms with Crippen molar-refractivity contribution in [3.8, 4) is 0 Å². The van der Waals surface area contributed by atoms with E-state index in [4.69, 9.17) is 4.74 Å². The highest BCUT2D eigenvalue weighted by Gasteiger charge is 2.30. The van der Waals surface area contributed by atoms with E-state index >= 15 is 0 Å². The number of nitrogens with one attached hydrogen (secondary N) is 1. The summed E-state index contributed by atoms with van der Waals surface area (Å²) in [6.07, 6.45) is 3.91. The van der Waals surface area contributed by atoms with Crippen molar-refractivity contribution in [1.82, 2.24) is 20.3 Å². The van der Waals surface area contributed by atoms with E-state index in [1.54, 1.807) is 4.68 Å². The second-order valence-electron chi connectivity index (χ2n) is 5.13. The minimum Gasteiger partial charge on any atom is -0.374 e. The molecule has 1 heterocycles. The molecule has 0 fully saturated rings. The summed E-state index contributed by atoms with van der Waals surface area (Å²) in [5, 5.41) is 11.7. The molecular formula is C13H26N4O. The van der Waals surface area contributed by atoms with Crippen LogP contribution in [0.25, 0.3) is 0 Å². The lowest BCUT2D eigenvalue weighted by Crippen LogP contribution is -2.50. The molecule has 0 aliphatic heterocycles. The molecule has 0 saturated carbocycles. The summed E-state index contributed by atoms with van der Waals surface area (Å²) in [5.74, 6) is 0. The molecule has 0 aliphatic carbocycles. The van der Waals surface area contributed by atoms with Gasteiger partial charge in [0.15, 0.2) is 0 Å². The van der Waals surface area contributed by atoms with E-state index in [1.807, 2.05) is 20.2 Å². The maximum absolute atomic E-state index is 5.85. The van der Waals surface area contributed by atoms with Crippen molar-refractivity contribution in [3.05, 3.63) is 11.9 Å². The summed E-state index contributed by atoms with van der Waals surface area (Å²) < 4.78 is 7.59. The Labute approximate surface area is 110 Å². The van der Waals surface area contributed by atoms with Crippen LogP contribution in [0.15, 0.2) is 6.20 Å². The molecule has 1 atom stereocenters. The fraction of sp³-hybridized carbons (Fsp3) is 0.846. The van der Waals surface area contributed by atoms with Crippen LogP contribution < -0.4 is 5.32 Å². The molecule has 1 aromatic rings. The summed E-state index contributed by atoms with van der Waals surface area (Å²) in [5.41, 5.74) is 0.792. The molecule has 0 bridgehead atoms. The van der Waals surface area contributed by atoms with Crippen molar-refractivity contribution in [2.24, 2.45) is 7.05 Å². The van der Waals surface area contributed by atoms with E-state index in [0.29, 0.717) is 0 Å². The molecule has 1 unspecified atom stereocenters. The molecule has 0 amide bonds. The Hall–Kier alpha value is -0.940. The van der Waals surface area contributed by atoms with Crippen molar-refractivity contribution in [3.63, 3.8) is 0 Å². The van der Waals surface area contributed by atoms with Crippen LogP contribution in [0.1, 0.15) is 39.8 Å². The first-order chi connectivity index (χ1) is 8.49. The van der Waals surface area contributed by atoms with Gasteiger partial charge in [-0.25, -0.2) is 0 Å². The van der Waals surface area contributed by atoms with Gasteiger partial charge >= 0.3 is 0 Å². The molecule has 0 spiro atoms. The highest BCUT2D eigenvalue weighted by molar-refractivity contribution is 5.00. The SMILES string of the molecule is CCCNC(Cc1cn(C)nn1)C(C)(C)OCC. The zero-order valence-corrected chi connectivity index (χ0v) is 12.2. The zero-order chi connectivity index (χ0) is 13.6. The first-order valence-electron chi connectivity index (χ1n) is 6.72. The predicted molar refractivity (Wildman–Crippen MR) is 72.5 cm³/mol. The van der Waals surface area contributed by atoms with E-state index in [0.717, 1.165) is 31.7 Å². The molecule has 1 N–H and O–H groups in total. The maximum atomic E-state index is 5.85. The highest BCUT2D eigenvalue weighted by Crippen LogP contribution is 2.18. The van der Waals surface area contributed by atoms with Gasteiger partial charge in [0.25, 0.3) is 0 Å². The van der Waals surface area contributed by atoms with Crippen LogP contribution in [0.3, 0.4) is 0 Å². The molecule has 0 aromatic carbocycles. The Balaban J connectivity index is 2.71. The van der Waals surface area contributed by atoms with Crippen LogP contribution in [0.4, 0.5) is 0 Å². The smallest absolute Gasteiger partial charge is 0.0843 e. The Morgan fingerprint density at radius 3 is 2.67 bits per heavy atom. The van der Waals surface area contributed by atoms with Gasteiger partial charge in [-0.15, -0.1) is 5.10 Å². The number of aromatic nitrogens is 3. The first-order valence-corrected chi connectivity index (χ1v) is 6.72. The number of hydrogen-bond acceptors (Lipinski definition) is 4. The number of aryl methyl sites for hydroxylation is 1. The van der Waals surface area contributed by atoms with Gasteiger partial charge in [-0.1, -0.05) is 12.1 Å². The van der Waals surface area contributed by atoms with Gasteiger partial charge in [-0.3, -0.25) is 4.68 Å². The third-order valence-corrected chi connectivity index (χ3v) is 3.06. The second kappa shape index (κ2) is 6.85. The van der Waals surface area contributed by atoms with Crippen molar-refractivity contribution < 1.29 is 4.74 Å². The standard InChI is InChI=1S/C13H26N4O/c1-6-8-14-12(13(3,4)18-7-2)9-11-10-17(5)16-15-11/h10,12,14H,6-9H2,1-5H3. The van der Waals surface area contributed by atoms with E-state index in [2.05, 4.69) is 36.4 Å². The molecule has 18 heavy (non-hydrogen) atoms. The van der Waals surface area contributed by atoms with Crippen LogP contribution in [0.2, 0.25) is 0 Å². The number of hydrogen-bond donors (Lipinski definition) is 1. The summed E-state index contributed by atoms with van der Waals surface area (Å²) in [7, 11) is 1.89. The van der Waals surface area contributed by atoms with Crippen LogP contribution in [-0.4, -0.2) is 39.8 Å². The fourth-order valence-electron chi connectivity index (χ4n) is 2.05. The minimum atomic E-state index is -0.207. The third-order valence-electron chi connectivity index (χ3n) is 3.06. The highest BCUT2D eigenvalue weighted by atomic mass is 16.5. The van der Waals surface area contributed by atoms with E-state index in [9.17, 15) is 0 Å². The van der Waals surface area contributed by atoms with Gasteiger partial charge in [0.1, 0.15) is 0 Å². The average Bonchev–Trinajstić information content (AvgIpc) is 2.70. The van der Waals surface area contributed by atoms with Gasteiger partial charge in [0.05, 0.1) is 11.3 Å². The molecule has 0 saturated heterocycles. The van der Waals surface area contributed by atoms with E-state index in [-0.39, 0.29) is 11.6 Å². The predicted octanol–water partition coefficient (Wildman–Crippen LogP) is 1.54. The van der Waals surface area contributed by atoms with Crippen LogP contribution in [0.5, 0.6) is 0 Å². The lowest BCUT2D eigenvalue weighted by Gasteiger charge is -2.34. The Kier molecular flexibility index (Phi) is 5.75. The van der Waals surface area contributed by atoms with E-state index < -0.39 is 0 Å². The quantitative estimate of drug-likeness (QED) is 0.764. The second-order valence-corrected chi connectivity index (χ2v) is 5.13. The summed E-state index contributed by atoms with van der Waals surface area (Å²) in [4.78, 5) is 0. The normalized spacial score (nSPS) is 13.8. The Morgan fingerprint density at radius 1 is 1.44 bits per heavy atom. The third kappa shape index (κ3) is 4.38. The van der Waals surface area contributed by atoms with E-state index in [1.165, 1.54) is 0 Å². The molecule has 1 aromatic heterocycles. The minimum absolute atomic E-state index is 0.207. The van der Waals surface area contributed by atoms with Gasteiger partial charge in [0, 0.05) is 32.3 Å². The largest absolute Gasteiger partial charge is 0.374 e. The van der Waals surface area contributed by atoms with Crippen molar-refractivity contribution >= 4 is 0 Å². The Morgan fingerprint density at radius 2 is 2.17 bits per heavy atom. The topological polar surface area (TPSA) is 52.0 Å². The number of nitrogens with zero attached hydrogens (tertiary/aromatic N) is 3. The van der Waals surface area contributed by atoms with Crippen LogP contribution >= 0.6 is 0 Å². The summed E-state index contributed by atoms with van der Waals surface area (Å²) >= 11 is 0. The molecule has 0 radical (unpaired) electrons. The molecule has 5 nitrogen and oxygen atoms in total. The number of ether oxygens (including phenoxy) is 1. The summed E-state index contributed by atoms with van der Waals surface area (Å²) in [6, 6.07) is 0.245. The Bertz CT molecular complexity index is 349. The summed E-state index contributed by atoms with van der Waals surface area (Å²) in [6.45, 7) is 10.2. The van der Waals surface area contributed by atoms with Gasteiger partial charge in [-0.05, 0) is 33.7 Å².